The van der Waals surface area contributed by atoms with Crippen LogP contribution in [0.4, 0.5) is 0 Å². The maximum absolute atomic E-state index is 12.6. The minimum Gasteiger partial charge on any atom is -0.355 e. The molecule has 1 amide bonds. The highest BCUT2D eigenvalue weighted by molar-refractivity contribution is 7.98. The van der Waals surface area contributed by atoms with E-state index in [1.54, 1.807) is 18.5 Å². The molecule has 0 atom stereocenters. The number of carbonyl (C=O) groups is 1. The van der Waals surface area contributed by atoms with Crippen molar-refractivity contribution < 1.29 is 4.79 Å². The lowest BCUT2D eigenvalue weighted by Gasteiger charge is -2.12. The molecule has 0 spiro atoms. The first kappa shape index (κ1) is 23.6. The third kappa shape index (κ3) is 7.22. The molecule has 0 radical (unpaired) electrons. The Kier molecular flexibility index (Phi) is 8.74. The third-order valence-electron chi connectivity index (χ3n) is 5.32. The quantitative estimate of drug-likeness (QED) is 0.176. The number of guanidine groups is 1. The number of benzene rings is 3. The highest BCUT2D eigenvalue weighted by atomic mass is 32.2. The standard InChI is InChI=1S/C27H29N5OS/c33-26(23-8-2-1-3-9-23)32-27(29-14-6-11-25-18-28-20-31-25)30-15-16-34-19-21-12-13-22-7-4-5-10-24(22)17-21/h1-5,7-10,12-13,17-18,20H,6,11,14-16,19H2,(H,28,31)(H2,29,30,32,33). The fourth-order valence-corrected chi connectivity index (χ4v) is 4.36. The van der Waals surface area contributed by atoms with Gasteiger partial charge in [-0.05, 0) is 41.3 Å². The smallest absolute Gasteiger partial charge is 0.257 e. The lowest BCUT2D eigenvalue weighted by atomic mass is 10.1. The van der Waals surface area contributed by atoms with Crippen LogP contribution in [0.5, 0.6) is 0 Å². The molecule has 0 aliphatic carbocycles. The van der Waals surface area contributed by atoms with Crippen LogP contribution in [0, 0.1) is 0 Å². The van der Waals surface area contributed by atoms with Crippen molar-refractivity contribution in [3.8, 4) is 0 Å². The Balaban J connectivity index is 1.26. The van der Waals surface area contributed by atoms with Gasteiger partial charge < -0.3 is 10.3 Å². The molecule has 0 unspecified atom stereocenters. The summed E-state index contributed by atoms with van der Waals surface area (Å²) in [5.74, 6) is 2.20. The number of aryl methyl sites for hydroxylation is 1. The average molecular weight is 472 g/mol. The predicted octanol–water partition coefficient (Wildman–Crippen LogP) is 4.80. The van der Waals surface area contributed by atoms with Crippen molar-refractivity contribution in [2.24, 2.45) is 4.99 Å². The van der Waals surface area contributed by atoms with Crippen LogP contribution in [-0.4, -0.2) is 40.7 Å². The van der Waals surface area contributed by atoms with Crippen molar-refractivity contribution in [2.75, 3.05) is 18.8 Å². The Morgan fingerprint density at radius 2 is 1.82 bits per heavy atom. The molecule has 0 aliphatic rings. The SMILES string of the molecule is O=C(NC(=NCCCc1cnc[nH]1)NCCSCc1ccc2ccccc2c1)c1ccccc1. The highest BCUT2D eigenvalue weighted by Crippen LogP contribution is 2.19. The fourth-order valence-electron chi connectivity index (χ4n) is 3.55. The van der Waals surface area contributed by atoms with E-state index in [4.69, 9.17) is 0 Å². The van der Waals surface area contributed by atoms with E-state index in [-0.39, 0.29) is 5.91 Å². The second-order valence-electron chi connectivity index (χ2n) is 7.89. The number of aliphatic imine (C=N–C) groups is 1. The van der Waals surface area contributed by atoms with Crippen LogP contribution in [0.2, 0.25) is 0 Å². The molecule has 0 bridgehead atoms. The first-order valence-corrected chi connectivity index (χ1v) is 12.6. The van der Waals surface area contributed by atoms with Crippen LogP contribution in [-0.2, 0) is 12.2 Å². The van der Waals surface area contributed by atoms with Crippen molar-refractivity contribution in [1.29, 1.82) is 0 Å². The summed E-state index contributed by atoms with van der Waals surface area (Å²) in [5, 5.41) is 8.77. The lowest BCUT2D eigenvalue weighted by Crippen LogP contribution is -2.42. The summed E-state index contributed by atoms with van der Waals surface area (Å²) in [6, 6.07) is 24.2. The van der Waals surface area contributed by atoms with Crippen molar-refractivity contribution >= 4 is 34.4 Å². The van der Waals surface area contributed by atoms with E-state index >= 15 is 0 Å². The number of nitrogens with zero attached hydrogens (tertiary/aromatic N) is 2. The van der Waals surface area contributed by atoms with Gasteiger partial charge in [0.25, 0.3) is 5.91 Å². The van der Waals surface area contributed by atoms with E-state index in [2.05, 4.69) is 68.1 Å². The Labute approximate surface area is 204 Å². The first-order chi connectivity index (χ1) is 16.8. The number of aromatic amines is 1. The number of thioether (sulfide) groups is 1. The van der Waals surface area contributed by atoms with E-state index in [1.165, 1.54) is 16.3 Å². The van der Waals surface area contributed by atoms with E-state index in [0.29, 0.717) is 24.6 Å². The fraction of sp³-hybridized carbons (Fsp3) is 0.222. The van der Waals surface area contributed by atoms with Gasteiger partial charge in [-0.2, -0.15) is 11.8 Å². The van der Waals surface area contributed by atoms with Gasteiger partial charge in [0.1, 0.15) is 0 Å². The molecule has 3 aromatic carbocycles. The summed E-state index contributed by atoms with van der Waals surface area (Å²) in [7, 11) is 0. The molecule has 4 rings (SSSR count). The predicted molar refractivity (Wildman–Crippen MR) is 141 cm³/mol. The zero-order valence-electron chi connectivity index (χ0n) is 19.0. The number of carbonyl (C=O) groups excluding carboxylic acids is 1. The number of aromatic nitrogens is 2. The van der Waals surface area contributed by atoms with Gasteiger partial charge in [0.15, 0.2) is 5.96 Å². The normalized spacial score (nSPS) is 11.5. The molecule has 1 heterocycles. The number of imidazole rings is 1. The van der Waals surface area contributed by atoms with Gasteiger partial charge in [-0.15, -0.1) is 0 Å². The van der Waals surface area contributed by atoms with Crippen molar-refractivity contribution in [1.82, 2.24) is 20.6 Å². The molecule has 3 N–H and O–H groups in total. The third-order valence-corrected chi connectivity index (χ3v) is 6.35. The molecule has 7 heteroatoms. The summed E-state index contributed by atoms with van der Waals surface area (Å²) in [6.45, 7) is 1.33. The molecule has 0 saturated heterocycles. The summed E-state index contributed by atoms with van der Waals surface area (Å²) in [5.41, 5.74) is 3.01. The second-order valence-corrected chi connectivity index (χ2v) is 9.00. The van der Waals surface area contributed by atoms with Crippen molar-refractivity contribution in [2.45, 2.75) is 18.6 Å². The molecule has 0 aliphatic heterocycles. The average Bonchev–Trinajstić information content (AvgIpc) is 3.40. The molecule has 34 heavy (non-hydrogen) atoms. The number of hydrogen-bond acceptors (Lipinski definition) is 4. The van der Waals surface area contributed by atoms with E-state index in [1.807, 2.05) is 36.2 Å². The maximum Gasteiger partial charge on any atom is 0.257 e. The Hall–Kier alpha value is -3.58. The zero-order valence-corrected chi connectivity index (χ0v) is 19.9. The molecule has 1 aromatic heterocycles. The summed E-state index contributed by atoms with van der Waals surface area (Å²) >= 11 is 1.86. The maximum atomic E-state index is 12.6. The molecular formula is C27H29N5OS. The monoisotopic (exact) mass is 471 g/mol. The van der Waals surface area contributed by atoms with E-state index < -0.39 is 0 Å². The number of fused-ring (bicyclic) bond motifs is 1. The van der Waals surface area contributed by atoms with Crippen molar-refractivity contribution in [3.05, 3.63) is 102 Å². The zero-order chi connectivity index (χ0) is 23.4. The Morgan fingerprint density at radius 1 is 1.00 bits per heavy atom. The summed E-state index contributed by atoms with van der Waals surface area (Å²) < 4.78 is 0. The Morgan fingerprint density at radius 3 is 2.65 bits per heavy atom. The minimum atomic E-state index is -0.163. The number of rotatable bonds is 10. The lowest BCUT2D eigenvalue weighted by molar-refractivity contribution is 0.0976. The Bertz CT molecular complexity index is 1210. The number of nitrogens with one attached hydrogen (secondary N) is 3. The molecule has 174 valence electrons. The largest absolute Gasteiger partial charge is 0.355 e. The first-order valence-electron chi connectivity index (χ1n) is 11.5. The highest BCUT2D eigenvalue weighted by Gasteiger charge is 2.08. The molecule has 0 saturated carbocycles. The topological polar surface area (TPSA) is 82.2 Å². The van der Waals surface area contributed by atoms with Gasteiger partial charge in [-0.3, -0.25) is 15.1 Å². The number of hydrogen-bond donors (Lipinski definition) is 3. The van der Waals surface area contributed by atoms with Crippen LogP contribution in [0.15, 0.2) is 90.3 Å². The molecular weight excluding hydrogens is 442 g/mol. The van der Waals surface area contributed by atoms with Gasteiger partial charge in [0.05, 0.1) is 6.33 Å². The van der Waals surface area contributed by atoms with Gasteiger partial charge >= 0.3 is 0 Å². The second kappa shape index (κ2) is 12.6. The van der Waals surface area contributed by atoms with Crippen LogP contribution in [0.25, 0.3) is 10.8 Å². The van der Waals surface area contributed by atoms with Gasteiger partial charge in [0, 0.05) is 42.0 Å². The van der Waals surface area contributed by atoms with Crippen LogP contribution >= 0.6 is 11.8 Å². The molecule has 0 fully saturated rings. The summed E-state index contributed by atoms with van der Waals surface area (Å²) in [6.07, 6.45) is 5.24. The number of H-pyrrole nitrogens is 1. The van der Waals surface area contributed by atoms with Crippen LogP contribution < -0.4 is 10.6 Å². The van der Waals surface area contributed by atoms with Gasteiger partial charge in [-0.25, -0.2) is 4.98 Å². The van der Waals surface area contributed by atoms with Crippen LogP contribution in [0.3, 0.4) is 0 Å². The van der Waals surface area contributed by atoms with Gasteiger partial charge in [0.2, 0.25) is 0 Å². The van der Waals surface area contributed by atoms with E-state index in [0.717, 1.165) is 30.0 Å². The summed E-state index contributed by atoms with van der Waals surface area (Å²) in [4.78, 5) is 24.4. The molecule has 4 aromatic rings. The minimum absolute atomic E-state index is 0.163. The van der Waals surface area contributed by atoms with Gasteiger partial charge in [-0.1, -0.05) is 60.7 Å². The molecule has 6 nitrogen and oxygen atoms in total. The van der Waals surface area contributed by atoms with E-state index in [9.17, 15) is 4.79 Å². The van der Waals surface area contributed by atoms with Crippen molar-refractivity contribution in [3.63, 3.8) is 0 Å². The van der Waals surface area contributed by atoms with Crippen LogP contribution in [0.1, 0.15) is 28.0 Å². The number of amides is 1.